The largest absolute Gasteiger partial charge is 0.387 e. The summed E-state index contributed by atoms with van der Waals surface area (Å²) in [6, 6.07) is 7.41. The van der Waals surface area contributed by atoms with E-state index in [4.69, 9.17) is 23.2 Å². The number of nitriles is 1. The van der Waals surface area contributed by atoms with Gasteiger partial charge in [-0.25, -0.2) is 0 Å². The second kappa shape index (κ2) is 6.35. The van der Waals surface area contributed by atoms with Crippen LogP contribution in [0.3, 0.4) is 0 Å². The fourth-order valence-corrected chi connectivity index (χ4v) is 3.61. The zero-order valence-corrected chi connectivity index (χ0v) is 13.1. The minimum atomic E-state index is -0.881. The number of aliphatic hydroxyl groups excluding tert-OH is 1. The molecule has 0 bridgehead atoms. The number of hydrogen-bond acceptors (Lipinski definition) is 2. The van der Waals surface area contributed by atoms with Crippen LogP contribution in [0.25, 0.3) is 0 Å². The second-order valence-corrected chi connectivity index (χ2v) is 6.55. The van der Waals surface area contributed by atoms with Gasteiger partial charge in [-0.15, -0.1) is 0 Å². The van der Waals surface area contributed by atoms with Crippen LogP contribution < -0.4 is 0 Å². The Morgan fingerprint density at radius 3 is 2.90 bits per heavy atom. The highest BCUT2D eigenvalue weighted by Gasteiger charge is 2.43. The highest BCUT2D eigenvalue weighted by molar-refractivity contribution is 6.33. The minimum absolute atomic E-state index is 0.468. The minimum Gasteiger partial charge on any atom is -0.387 e. The molecular formula is C16H19Cl2NO. The van der Waals surface area contributed by atoms with E-state index in [1.165, 1.54) is 0 Å². The summed E-state index contributed by atoms with van der Waals surface area (Å²) < 4.78 is 0. The van der Waals surface area contributed by atoms with Gasteiger partial charge in [0.25, 0.3) is 0 Å². The molecule has 20 heavy (non-hydrogen) atoms. The van der Waals surface area contributed by atoms with Gasteiger partial charge >= 0.3 is 0 Å². The van der Waals surface area contributed by atoms with Crippen molar-refractivity contribution in [2.75, 3.05) is 0 Å². The van der Waals surface area contributed by atoms with E-state index in [9.17, 15) is 10.4 Å². The first kappa shape index (κ1) is 15.6. The van der Waals surface area contributed by atoms with Crippen LogP contribution in [0.2, 0.25) is 10.0 Å². The van der Waals surface area contributed by atoms with Crippen LogP contribution >= 0.6 is 23.2 Å². The lowest BCUT2D eigenvalue weighted by atomic mass is 9.65. The molecule has 2 nitrogen and oxygen atoms in total. The number of nitrogens with zero attached hydrogens (tertiary/aromatic N) is 1. The molecule has 3 unspecified atom stereocenters. The molecule has 0 amide bonds. The van der Waals surface area contributed by atoms with Crippen molar-refractivity contribution in [3.8, 4) is 6.07 Å². The molecule has 0 saturated heterocycles. The van der Waals surface area contributed by atoms with E-state index in [0.717, 1.165) is 25.7 Å². The molecule has 4 heteroatoms. The van der Waals surface area contributed by atoms with Crippen LogP contribution in [-0.2, 0) is 0 Å². The van der Waals surface area contributed by atoms with E-state index in [2.05, 4.69) is 13.0 Å². The van der Waals surface area contributed by atoms with Crippen molar-refractivity contribution in [2.45, 2.75) is 45.1 Å². The van der Waals surface area contributed by atoms with E-state index < -0.39 is 11.5 Å². The van der Waals surface area contributed by atoms with Gasteiger partial charge in [0.1, 0.15) is 0 Å². The fourth-order valence-electron chi connectivity index (χ4n) is 3.21. The standard InChI is InChI=1S/C16H19Cl2NO/c1-2-11-4-3-7-16(9-11,10-19)15(20)13-8-12(17)5-6-14(13)18/h5-6,8,11,15,20H,2-4,7,9H2,1H3. The first-order valence-corrected chi connectivity index (χ1v) is 7.82. The Labute approximate surface area is 130 Å². The van der Waals surface area contributed by atoms with Crippen molar-refractivity contribution in [3.63, 3.8) is 0 Å². The van der Waals surface area contributed by atoms with E-state index in [0.29, 0.717) is 27.9 Å². The molecule has 1 aromatic rings. The van der Waals surface area contributed by atoms with Gasteiger partial charge in [0.15, 0.2) is 0 Å². The predicted molar refractivity (Wildman–Crippen MR) is 81.7 cm³/mol. The molecule has 1 aliphatic rings. The first-order valence-electron chi connectivity index (χ1n) is 7.06. The van der Waals surface area contributed by atoms with Crippen LogP contribution in [0.4, 0.5) is 0 Å². The summed E-state index contributed by atoms with van der Waals surface area (Å²) in [4.78, 5) is 0. The van der Waals surface area contributed by atoms with Crippen LogP contribution in [0.5, 0.6) is 0 Å². The molecule has 1 saturated carbocycles. The average Bonchev–Trinajstić information content (AvgIpc) is 2.48. The molecule has 2 rings (SSSR count). The van der Waals surface area contributed by atoms with Crippen LogP contribution in [-0.4, -0.2) is 5.11 Å². The molecule has 1 aliphatic carbocycles. The van der Waals surface area contributed by atoms with Crippen molar-refractivity contribution in [1.82, 2.24) is 0 Å². The smallest absolute Gasteiger partial charge is 0.0991 e. The lowest BCUT2D eigenvalue weighted by Gasteiger charge is -2.39. The topological polar surface area (TPSA) is 44.0 Å². The summed E-state index contributed by atoms with van der Waals surface area (Å²) in [6.07, 6.45) is 3.71. The van der Waals surface area contributed by atoms with Crippen molar-refractivity contribution < 1.29 is 5.11 Å². The SMILES string of the molecule is CCC1CCCC(C#N)(C(O)c2cc(Cl)ccc2Cl)C1. The molecule has 0 aromatic heterocycles. The molecule has 0 aliphatic heterocycles. The quantitative estimate of drug-likeness (QED) is 0.840. The van der Waals surface area contributed by atoms with Gasteiger partial charge < -0.3 is 5.11 Å². The summed E-state index contributed by atoms with van der Waals surface area (Å²) in [5, 5.41) is 21.4. The molecule has 1 aromatic carbocycles. The Bertz CT molecular complexity index is 526. The Balaban J connectivity index is 2.36. The number of benzene rings is 1. The maximum Gasteiger partial charge on any atom is 0.0991 e. The van der Waals surface area contributed by atoms with E-state index in [1.54, 1.807) is 18.2 Å². The normalized spacial score (nSPS) is 27.9. The van der Waals surface area contributed by atoms with Gasteiger partial charge in [0.2, 0.25) is 0 Å². The summed E-state index contributed by atoms with van der Waals surface area (Å²) in [5.74, 6) is 0.496. The Morgan fingerprint density at radius 1 is 1.50 bits per heavy atom. The number of rotatable bonds is 3. The lowest BCUT2D eigenvalue weighted by molar-refractivity contribution is 0.0186. The van der Waals surface area contributed by atoms with Crippen molar-refractivity contribution in [3.05, 3.63) is 33.8 Å². The van der Waals surface area contributed by atoms with Crippen molar-refractivity contribution in [1.29, 1.82) is 5.26 Å². The fraction of sp³-hybridized carbons (Fsp3) is 0.562. The second-order valence-electron chi connectivity index (χ2n) is 5.71. The average molecular weight is 312 g/mol. The van der Waals surface area contributed by atoms with Crippen molar-refractivity contribution in [2.24, 2.45) is 11.3 Å². The first-order chi connectivity index (χ1) is 9.52. The van der Waals surface area contributed by atoms with Gasteiger partial charge in [0.05, 0.1) is 17.6 Å². The van der Waals surface area contributed by atoms with Gasteiger partial charge in [-0.2, -0.15) is 5.26 Å². The van der Waals surface area contributed by atoms with Gasteiger partial charge in [-0.1, -0.05) is 49.4 Å². The Kier molecular flexibility index (Phi) is 4.96. The summed E-state index contributed by atoms with van der Waals surface area (Å²) in [6.45, 7) is 2.14. The Morgan fingerprint density at radius 2 is 2.25 bits per heavy atom. The number of aliphatic hydroxyl groups is 1. The zero-order valence-electron chi connectivity index (χ0n) is 11.6. The third-order valence-electron chi connectivity index (χ3n) is 4.46. The van der Waals surface area contributed by atoms with Crippen LogP contribution in [0, 0.1) is 22.7 Å². The lowest BCUT2D eigenvalue weighted by Crippen LogP contribution is -2.33. The summed E-state index contributed by atoms with van der Waals surface area (Å²) in [5.41, 5.74) is -0.176. The molecule has 0 radical (unpaired) electrons. The van der Waals surface area contributed by atoms with Gasteiger partial charge in [-0.05, 0) is 37.0 Å². The van der Waals surface area contributed by atoms with Gasteiger partial charge in [-0.3, -0.25) is 0 Å². The monoisotopic (exact) mass is 311 g/mol. The van der Waals surface area contributed by atoms with Crippen LogP contribution in [0.1, 0.15) is 50.7 Å². The molecule has 3 atom stereocenters. The van der Waals surface area contributed by atoms with E-state index in [1.807, 2.05) is 0 Å². The molecule has 108 valence electrons. The van der Waals surface area contributed by atoms with E-state index in [-0.39, 0.29) is 0 Å². The van der Waals surface area contributed by atoms with Gasteiger partial charge in [0, 0.05) is 15.6 Å². The van der Waals surface area contributed by atoms with E-state index >= 15 is 0 Å². The summed E-state index contributed by atoms with van der Waals surface area (Å²) in [7, 11) is 0. The van der Waals surface area contributed by atoms with Crippen molar-refractivity contribution >= 4 is 23.2 Å². The third-order valence-corrected chi connectivity index (χ3v) is 5.04. The molecule has 1 fully saturated rings. The highest BCUT2D eigenvalue weighted by Crippen LogP contribution is 2.49. The zero-order chi connectivity index (χ0) is 14.8. The number of halogens is 2. The molecule has 0 heterocycles. The number of hydrogen-bond donors (Lipinski definition) is 1. The maximum atomic E-state index is 10.7. The maximum absolute atomic E-state index is 10.7. The highest BCUT2D eigenvalue weighted by atomic mass is 35.5. The molecular weight excluding hydrogens is 293 g/mol. The third kappa shape index (κ3) is 2.96. The Hall–Kier alpha value is -0.750. The summed E-state index contributed by atoms with van der Waals surface area (Å²) >= 11 is 12.2. The van der Waals surface area contributed by atoms with Crippen LogP contribution in [0.15, 0.2) is 18.2 Å². The molecule has 1 N–H and O–H groups in total. The molecule has 0 spiro atoms. The predicted octanol–water partition coefficient (Wildman–Crippen LogP) is 5.14.